The molecule has 1 aliphatic rings. The third-order valence-corrected chi connectivity index (χ3v) is 2.12. The number of aliphatic hydroxyl groups excluding tert-OH is 1. The van der Waals surface area contributed by atoms with Gasteiger partial charge in [-0.3, -0.25) is 4.79 Å². The standard InChI is InChI=1S/C8H10N2O2/c11-6-10-5-4-9-3-1-2-7(9)8(10)12/h1-3,11H,4-6H2. The number of hydrogen-bond acceptors (Lipinski definition) is 2. The molecule has 1 N–H and O–H groups in total. The van der Waals surface area contributed by atoms with Crippen LogP contribution in [-0.4, -0.2) is 33.8 Å². The summed E-state index contributed by atoms with van der Waals surface area (Å²) in [6.07, 6.45) is 1.88. The van der Waals surface area contributed by atoms with Crippen molar-refractivity contribution < 1.29 is 9.90 Å². The van der Waals surface area contributed by atoms with Crippen molar-refractivity contribution in [2.45, 2.75) is 6.54 Å². The SMILES string of the molecule is O=C1c2cccn2CCN1CO. The Kier molecular flexibility index (Phi) is 1.62. The van der Waals surface area contributed by atoms with Gasteiger partial charge in [-0.25, -0.2) is 0 Å². The van der Waals surface area contributed by atoms with Crippen molar-refractivity contribution in [3.63, 3.8) is 0 Å². The van der Waals surface area contributed by atoms with Gasteiger partial charge in [0.2, 0.25) is 0 Å². The third-order valence-electron chi connectivity index (χ3n) is 2.12. The summed E-state index contributed by atoms with van der Waals surface area (Å²) in [5.74, 6) is -0.0891. The molecule has 1 aromatic rings. The monoisotopic (exact) mass is 166 g/mol. The zero-order valence-corrected chi connectivity index (χ0v) is 6.60. The molecule has 1 aromatic heterocycles. The first-order valence-corrected chi connectivity index (χ1v) is 3.88. The zero-order valence-electron chi connectivity index (χ0n) is 6.60. The molecule has 4 nitrogen and oxygen atoms in total. The molecule has 12 heavy (non-hydrogen) atoms. The maximum atomic E-state index is 11.5. The molecule has 0 unspecified atom stereocenters. The quantitative estimate of drug-likeness (QED) is 0.633. The lowest BCUT2D eigenvalue weighted by atomic mass is 10.3. The van der Waals surface area contributed by atoms with E-state index in [-0.39, 0.29) is 12.6 Å². The molecule has 0 radical (unpaired) electrons. The maximum absolute atomic E-state index is 11.5. The van der Waals surface area contributed by atoms with E-state index in [2.05, 4.69) is 0 Å². The molecule has 0 fully saturated rings. The van der Waals surface area contributed by atoms with Crippen LogP contribution >= 0.6 is 0 Å². The molecule has 0 aromatic carbocycles. The van der Waals surface area contributed by atoms with Crippen molar-refractivity contribution in [2.24, 2.45) is 0 Å². The van der Waals surface area contributed by atoms with Crippen LogP contribution in [0.3, 0.4) is 0 Å². The number of aliphatic hydroxyl groups is 1. The van der Waals surface area contributed by atoms with Gasteiger partial charge >= 0.3 is 0 Å². The van der Waals surface area contributed by atoms with Gasteiger partial charge in [0, 0.05) is 19.3 Å². The average molecular weight is 166 g/mol. The summed E-state index contributed by atoms with van der Waals surface area (Å²) in [5.41, 5.74) is 0.662. The molecule has 64 valence electrons. The predicted molar refractivity (Wildman–Crippen MR) is 42.6 cm³/mol. The van der Waals surface area contributed by atoms with Gasteiger partial charge in [-0.05, 0) is 12.1 Å². The van der Waals surface area contributed by atoms with Gasteiger partial charge in [-0.2, -0.15) is 0 Å². The van der Waals surface area contributed by atoms with Gasteiger partial charge in [-0.1, -0.05) is 0 Å². The second kappa shape index (κ2) is 2.64. The van der Waals surface area contributed by atoms with Crippen molar-refractivity contribution >= 4 is 5.91 Å². The fourth-order valence-corrected chi connectivity index (χ4v) is 1.43. The predicted octanol–water partition coefficient (Wildman–Crippen LogP) is -0.106. The normalized spacial score (nSPS) is 16.4. The Morgan fingerprint density at radius 1 is 1.50 bits per heavy atom. The van der Waals surface area contributed by atoms with E-state index in [9.17, 15) is 4.79 Å². The summed E-state index contributed by atoms with van der Waals surface area (Å²) in [4.78, 5) is 12.9. The summed E-state index contributed by atoms with van der Waals surface area (Å²) in [5, 5.41) is 8.82. The Morgan fingerprint density at radius 2 is 2.33 bits per heavy atom. The van der Waals surface area contributed by atoms with Gasteiger partial charge in [0.1, 0.15) is 12.4 Å². The molecule has 1 amide bonds. The largest absolute Gasteiger partial charge is 0.376 e. The van der Waals surface area contributed by atoms with Crippen molar-refractivity contribution in [1.82, 2.24) is 9.47 Å². The van der Waals surface area contributed by atoms with Gasteiger partial charge in [0.15, 0.2) is 0 Å². The molecule has 0 bridgehead atoms. The van der Waals surface area contributed by atoms with E-state index in [0.717, 1.165) is 6.54 Å². The molecule has 2 rings (SSSR count). The molecule has 2 heterocycles. The van der Waals surface area contributed by atoms with Crippen LogP contribution in [0.15, 0.2) is 18.3 Å². The smallest absolute Gasteiger partial charge is 0.272 e. The van der Waals surface area contributed by atoms with Crippen molar-refractivity contribution in [1.29, 1.82) is 0 Å². The van der Waals surface area contributed by atoms with E-state index in [1.165, 1.54) is 4.90 Å². The van der Waals surface area contributed by atoms with Crippen LogP contribution in [0.1, 0.15) is 10.5 Å². The highest BCUT2D eigenvalue weighted by molar-refractivity contribution is 5.93. The highest BCUT2D eigenvalue weighted by Gasteiger charge is 2.22. The van der Waals surface area contributed by atoms with E-state index in [1.807, 2.05) is 16.8 Å². The zero-order chi connectivity index (χ0) is 8.55. The molecule has 0 aliphatic carbocycles. The fraction of sp³-hybridized carbons (Fsp3) is 0.375. The number of carbonyl (C=O) groups is 1. The van der Waals surface area contributed by atoms with Crippen LogP contribution in [0.2, 0.25) is 0 Å². The van der Waals surface area contributed by atoms with E-state index < -0.39 is 0 Å². The van der Waals surface area contributed by atoms with Crippen LogP contribution in [0.5, 0.6) is 0 Å². The molecule has 0 atom stereocenters. The van der Waals surface area contributed by atoms with E-state index in [0.29, 0.717) is 12.2 Å². The first-order chi connectivity index (χ1) is 5.83. The molecule has 4 heteroatoms. The van der Waals surface area contributed by atoms with Gasteiger partial charge < -0.3 is 14.6 Å². The summed E-state index contributed by atoms with van der Waals surface area (Å²) < 4.78 is 1.90. The molecule has 0 saturated heterocycles. The third kappa shape index (κ3) is 0.921. The van der Waals surface area contributed by atoms with Crippen LogP contribution < -0.4 is 0 Å². The Morgan fingerprint density at radius 3 is 3.08 bits per heavy atom. The van der Waals surface area contributed by atoms with Gasteiger partial charge in [0.05, 0.1) is 0 Å². The number of fused-ring (bicyclic) bond motifs is 1. The lowest BCUT2D eigenvalue weighted by molar-refractivity contribution is 0.0489. The topological polar surface area (TPSA) is 45.5 Å². The number of nitrogens with zero attached hydrogens (tertiary/aromatic N) is 2. The van der Waals surface area contributed by atoms with Gasteiger partial charge in [-0.15, -0.1) is 0 Å². The Labute approximate surface area is 70.0 Å². The van der Waals surface area contributed by atoms with Crippen LogP contribution in [0, 0.1) is 0 Å². The maximum Gasteiger partial charge on any atom is 0.272 e. The number of amides is 1. The number of carbonyl (C=O) groups excluding carboxylic acids is 1. The van der Waals surface area contributed by atoms with E-state index in [1.54, 1.807) is 6.07 Å². The van der Waals surface area contributed by atoms with Crippen molar-refractivity contribution in [2.75, 3.05) is 13.3 Å². The summed E-state index contributed by atoms with van der Waals surface area (Å²) in [6, 6.07) is 3.61. The minimum Gasteiger partial charge on any atom is -0.376 e. The van der Waals surface area contributed by atoms with Crippen LogP contribution in [-0.2, 0) is 6.54 Å². The fourth-order valence-electron chi connectivity index (χ4n) is 1.43. The highest BCUT2D eigenvalue weighted by Crippen LogP contribution is 2.11. The van der Waals surface area contributed by atoms with Crippen molar-refractivity contribution in [3.8, 4) is 0 Å². The average Bonchev–Trinajstić information content (AvgIpc) is 2.53. The van der Waals surface area contributed by atoms with Gasteiger partial charge in [0.25, 0.3) is 5.91 Å². The lowest BCUT2D eigenvalue weighted by Crippen LogP contribution is -2.40. The summed E-state index contributed by atoms with van der Waals surface area (Å²) in [6.45, 7) is 1.18. The molecular weight excluding hydrogens is 156 g/mol. The minimum absolute atomic E-state index is 0.0891. The summed E-state index contributed by atoms with van der Waals surface area (Å²) >= 11 is 0. The molecular formula is C8H10N2O2. The Hall–Kier alpha value is -1.29. The molecule has 1 aliphatic heterocycles. The Balaban J connectivity index is 2.35. The van der Waals surface area contributed by atoms with Crippen LogP contribution in [0.4, 0.5) is 0 Å². The minimum atomic E-state index is -0.190. The van der Waals surface area contributed by atoms with Crippen LogP contribution in [0.25, 0.3) is 0 Å². The number of aromatic nitrogens is 1. The molecule has 0 spiro atoms. The number of rotatable bonds is 1. The Bertz CT molecular complexity index is 306. The van der Waals surface area contributed by atoms with E-state index >= 15 is 0 Å². The highest BCUT2D eigenvalue weighted by atomic mass is 16.3. The first-order valence-electron chi connectivity index (χ1n) is 3.88. The van der Waals surface area contributed by atoms with E-state index in [4.69, 9.17) is 5.11 Å². The summed E-state index contributed by atoms with van der Waals surface area (Å²) in [7, 11) is 0. The van der Waals surface area contributed by atoms with Crippen molar-refractivity contribution in [3.05, 3.63) is 24.0 Å². The first kappa shape index (κ1) is 7.36. The second-order valence-electron chi connectivity index (χ2n) is 2.80. The lowest BCUT2D eigenvalue weighted by Gasteiger charge is -2.26. The second-order valence-corrected chi connectivity index (χ2v) is 2.80. The number of hydrogen-bond donors (Lipinski definition) is 1. The molecule has 0 saturated carbocycles.